The summed E-state index contributed by atoms with van der Waals surface area (Å²) >= 11 is 0. The van der Waals surface area contributed by atoms with Crippen LogP contribution >= 0.6 is 0 Å². The van der Waals surface area contributed by atoms with Gasteiger partial charge in [0, 0.05) is 38.1 Å². The third-order valence-corrected chi connectivity index (χ3v) is 4.02. The zero-order valence-corrected chi connectivity index (χ0v) is 15.7. The number of hydrogen-bond acceptors (Lipinski definition) is 5. The van der Waals surface area contributed by atoms with Gasteiger partial charge in [-0.3, -0.25) is 4.79 Å². The molecule has 3 aromatic rings. The van der Waals surface area contributed by atoms with E-state index in [0.717, 1.165) is 16.9 Å². The number of rotatable bonds is 6. The highest BCUT2D eigenvalue weighted by Gasteiger charge is 2.11. The van der Waals surface area contributed by atoms with Crippen LogP contribution in [0, 0.1) is 6.92 Å². The van der Waals surface area contributed by atoms with Gasteiger partial charge in [0.2, 0.25) is 0 Å². The van der Waals surface area contributed by atoms with Crippen LogP contribution < -0.4 is 15.5 Å². The topological polar surface area (TPSA) is 70.2 Å². The molecule has 2 aromatic carbocycles. The molecule has 6 nitrogen and oxygen atoms in total. The molecular weight excluding hydrogens is 338 g/mol. The van der Waals surface area contributed by atoms with E-state index in [0.29, 0.717) is 23.9 Å². The second-order valence-corrected chi connectivity index (χ2v) is 6.42. The fraction of sp³-hybridized carbons (Fsp3) is 0.190. The Labute approximate surface area is 159 Å². The molecule has 0 fully saturated rings. The van der Waals surface area contributed by atoms with E-state index in [2.05, 4.69) is 20.6 Å². The van der Waals surface area contributed by atoms with Crippen molar-refractivity contribution in [2.24, 2.45) is 0 Å². The van der Waals surface area contributed by atoms with Crippen molar-refractivity contribution < 1.29 is 4.79 Å². The monoisotopic (exact) mass is 361 g/mol. The van der Waals surface area contributed by atoms with Crippen molar-refractivity contribution in [2.45, 2.75) is 13.5 Å². The Morgan fingerprint density at radius 3 is 2.37 bits per heavy atom. The molecule has 0 aliphatic heterocycles. The van der Waals surface area contributed by atoms with Crippen LogP contribution in [0.5, 0.6) is 0 Å². The molecule has 0 saturated carbocycles. The van der Waals surface area contributed by atoms with E-state index >= 15 is 0 Å². The minimum atomic E-state index is -0.227. The number of aromatic nitrogens is 2. The van der Waals surface area contributed by atoms with E-state index in [-0.39, 0.29) is 5.91 Å². The Balaban J connectivity index is 1.70. The Bertz CT molecular complexity index is 908. The molecule has 1 aromatic heterocycles. The van der Waals surface area contributed by atoms with Crippen LogP contribution in [-0.2, 0) is 6.54 Å². The molecular formula is C21H23N5O. The van der Waals surface area contributed by atoms with E-state index in [4.69, 9.17) is 0 Å². The molecule has 27 heavy (non-hydrogen) atoms. The maximum atomic E-state index is 12.5. The summed E-state index contributed by atoms with van der Waals surface area (Å²) in [5.41, 5.74) is 3.39. The van der Waals surface area contributed by atoms with Crippen LogP contribution in [0.3, 0.4) is 0 Å². The van der Waals surface area contributed by atoms with Crippen molar-refractivity contribution in [3.63, 3.8) is 0 Å². The SMILES string of the molecule is Cc1nc(Nc2ccc(N(C)C)cc2)cc(C(=O)NCc2ccccc2)n1. The summed E-state index contributed by atoms with van der Waals surface area (Å²) in [5.74, 6) is 0.898. The lowest BCUT2D eigenvalue weighted by atomic mass is 10.2. The first-order valence-electron chi connectivity index (χ1n) is 8.73. The quantitative estimate of drug-likeness (QED) is 0.703. The van der Waals surface area contributed by atoms with Crippen LogP contribution in [-0.4, -0.2) is 30.0 Å². The predicted octanol–water partition coefficient (Wildman–Crippen LogP) is 3.52. The number of carbonyl (C=O) groups excluding carboxylic acids is 1. The van der Waals surface area contributed by atoms with Gasteiger partial charge >= 0.3 is 0 Å². The van der Waals surface area contributed by atoms with Gasteiger partial charge in [0.25, 0.3) is 5.91 Å². The first kappa shape index (κ1) is 18.4. The van der Waals surface area contributed by atoms with Gasteiger partial charge in [0.05, 0.1) is 0 Å². The summed E-state index contributed by atoms with van der Waals surface area (Å²) in [7, 11) is 3.99. The lowest BCUT2D eigenvalue weighted by molar-refractivity contribution is 0.0945. The highest BCUT2D eigenvalue weighted by Crippen LogP contribution is 2.19. The summed E-state index contributed by atoms with van der Waals surface area (Å²) in [4.78, 5) is 23.1. The normalized spacial score (nSPS) is 10.3. The molecule has 0 spiro atoms. The first-order valence-corrected chi connectivity index (χ1v) is 8.73. The zero-order chi connectivity index (χ0) is 19.2. The third-order valence-electron chi connectivity index (χ3n) is 4.02. The third kappa shape index (κ3) is 5.04. The van der Waals surface area contributed by atoms with Gasteiger partial charge < -0.3 is 15.5 Å². The van der Waals surface area contributed by atoms with Gasteiger partial charge in [-0.2, -0.15) is 0 Å². The van der Waals surface area contributed by atoms with Crippen LogP contribution in [0.4, 0.5) is 17.2 Å². The average Bonchev–Trinajstić information content (AvgIpc) is 2.67. The summed E-state index contributed by atoms with van der Waals surface area (Å²) < 4.78 is 0. The van der Waals surface area contributed by atoms with Gasteiger partial charge in [-0.1, -0.05) is 30.3 Å². The summed E-state index contributed by atoms with van der Waals surface area (Å²) in [6.45, 7) is 2.23. The van der Waals surface area contributed by atoms with Crippen LogP contribution in [0.1, 0.15) is 21.9 Å². The second-order valence-electron chi connectivity index (χ2n) is 6.42. The van der Waals surface area contributed by atoms with Gasteiger partial charge in [-0.25, -0.2) is 9.97 Å². The summed E-state index contributed by atoms with van der Waals surface area (Å²) in [6.07, 6.45) is 0. The Morgan fingerprint density at radius 2 is 1.70 bits per heavy atom. The molecule has 0 aliphatic rings. The van der Waals surface area contributed by atoms with Crippen molar-refractivity contribution in [3.05, 3.63) is 77.7 Å². The standard InChI is InChI=1S/C21H23N5O/c1-15-23-19(21(27)22-14-16-7-5-4-6-8-16)13-20(24-15)25-17-9-11-18(12-10-17)26(2)3/h4-13H,14H2,1-3H3,(H,22,27)(H,23,24,25). The van der Waals surface area contributed by atoms with Crippen LogP contribution in [0.2, 0.25) is 0 Å². The van der Waals surface area contributed by atoms with E-state index in [1.54, 1.807) is 13.0 Å². The molecule has 0 saturated heterocycles. The highest BCUT2D eigenvalue weighted by molar-refractivity contribution is 5.93. The van der Waals surface area contributed by atoms with Gasteiger partial charge in [0.1, 0.15) is 17.3 Å². The number of aryl methyl sites for hydroxylation is 1. The van der Waals surface area contributed by atoms with Crippen molar-refractivity contribution in [2.75, 3.05) is 24.3 Å². The molecule has 1 heterocycles. The van der Waals surface area contributed by atoms with Crippen LogP contribution in [0.15, 0.2) is 60.7 Å². The Kier molecular flexibility index (Phi) is 5.66. The van der Waals surface area contributed by atoms with Crippen molar-refractivity contribution in [1.29, 1.82) is 0 Å². The molecule has 0 unspecified atom stereocenters. The number of benzene rings is 2. The largest absolute Gasteiger partial charge is 0.378 e. The molecule has 0 aliphatic carbocycles. The van der Waals surface area contributed by atoms with Gasteiger partial charge in [-0.05, 0) is 36.8 Å². The lowest BCUT2D eigenvalue weighted by Crippen LogP contribution is -2.24. The Morgan fingerprint density at radius 1 is 1.00 bits per heavy atom. The van der Waals surface area contributed by atoms with Gasteiger partial charge in [0.15, 0.2) is 0 Å². The maximum absolute atomic E-state index is 12.5. The molecule has 0 radical (unpaired) electrons. The summed E-state index contributed by atoms with van der Waals surface area (Å²) in [6, 6.07) is 19.4. The zero-order valence-electron chi connectivity index (χ0n) is 15.7. The fourth-order valence-electron chi connectivity index (χ4n) is 2.61. The fourth-order valence-corrected chi connectivity index (χ4v) is 2.61. The number of carbonyl (C=O) groups is 1. The van der Waals surface area contributed by atoms with E-state index in [1.165, 1.54) is 0 Å². The smallest absolute Gasteiger partial charge is 0.270 e. The van der Waals surface area contributed by atoms with Crippen molar-refractivity contribution >= 4 is 23.1 Å². The number of nitrogens with one attached hydrogen (secondary N) is 2. The number of amides is 1. The van der Waals surface area contributed by atoms with E-state index in [1.807, 2.05) is 73.6 Å². The minimum absolute atomic E-state index is 0.227. The molecule has 6 heteroatoms. The molecule has 1 amide bonds. The molecule has 2 N–H and O–H groups in total. The van der Waals surface area contributed by atoms with E-state index < -0.39 is 0 Å². The molecule has 3 rings (SSSR count). The summed E-state index contributed by atoms with van der Waals surface area (Å²) in [5, 5.41) is 6.12. The highest BCUT2D eigenvalue weighted by atomic mass is 16.1. The minimum Gasteiger partial charge on any atom is -0.378 e. The Hall–Kier alpha value is -3.41. The second kappa shape index (κ2) is 8.31. The number of anilines is 3. The van der Waals surface area contributed by atoms with Crippen molar-refractivity contribution in [1.82, 2.24) is 15.3 Å². The average molecular weight is 361 g/mol. The van der Waals surface area contributed by atoms with Gasteiger partial charge in [-0.15, -0.1) is 0 Å². The number of hydrogen-bond donors (Lipinski definition) is 2. The number of nitrogens with zero attached hydrogens (tertiary/aromatic N) is 3. The molecule has 138 valence electrons. The maximum Gasteiger partial charge on any atom is 0.270 e. The molecule has 0 atom stereocenters. The van der Waals surface area contributed by atoms with Crippen LogP contribution in [0.25, 0.3) is 0 Å². The van der Waals surface area contributed by atoms with E-state index in [9.17, 15) is 4.79 Å². The lowest BCUT2D eigenvalue weighted by Gasteiger charge is -2.13. The van der Waals surface area contributed by atoms with Crippen molar-refractivity contribution in [3.8, 4) is 0 Å². The first-order chi connectivity index (χ1) is 13.0. The molecule has 0 bridgehead atoms. The predicted molar refractivity (Wildman–Crippen MR) is 108 cm³/mol.